The second-order valence-corrected chi connectivity index (χ2v) is 3.87. The summed E-state index contributed by atoms with van der Waals surface area (Å²) in [5.74, 6) is 2.73. The van der Waals surface area contributed by atoms with E-state index in [1.54, 1.807) is 12.3 Å². The Morgan fingerprint density at radius 2 is 2.07 bits per heavy atom. The number of hydrogen-bond acceptors (Lipinski definition) is 4. The molecule has 0 saturated heterocycles. The number of hydrogen-bond donors (Lipinski definition) is 0. The van der Waals surface area contributed by atoms with Crippen molar-refractivity contribution in [2.75, 3.05) is 0 Å². The smallest absolute Gasteiger partial charge is 0.102 e. The van der Waals surface area contributed by atoms with Crippen molar-refractivity contribution in [3.05, 3.63) is 28.2 Å². The highest BCUT2D eigenvalue weighted by molar-refractivity contribution is 8.02. The summed E-state index contributed by atoms with van der Waals surface area (Å²) in [4.78, 5) is 4.80. The van der Waals surface area contributed by atoms with Gasteiger partial charge in [0.2, 0.25) is 0 Å². The van der Waals surface area contributed by atoms with Gasteiger partial charge >= 0.3 is 0 Å². The number of rotatable bonds is 0. The largest absolute Gasteiger partial charge is 0.204 e. The van der Waals surface area contributed by atoms with Crippen molar-refractivity contribution in [3.8, 4) is 12.1 Å². The Balaban J connectivity index is 2.84. The van der Waals surface area contributed by atoms with Crippen LogP contribution in [0.3, 0.4) is 0 Å². The van der Waals surface area contributed by atoms with Gasteiger partial charge in [0.25, 0.3) is 0 Å². The van der Waals surface area contributed by atoms with E-state index in [1.165, 1.54) is 11.8 Å². The Kier molecular flexibility index (Phi) is 2.31. The molecule has 1 aliphatic heterocycles. The molecule has 0 saturated carbocycles. The van der Waals surface area contributed by atoms with Crippen molar-refractivity contribution >= 4 is 23.3 Å². The zero-order valence-corrected chi connectivity index (χ0v) is 8.72. The van der Waals surface area contributed by atoms with Gasteiger partial charge in [-0.15, -0.1) is 0 Å². The number of aryl methyl sites for hydroxylation is 1. The number of fused-ring (bicyclic) bond motifs is 1. The summed E-state index contributed by atoms with van der Waals surface area (Å²) >= 11 is 1.37. The number of benzene rings is 1. The Morgan fingerprint density at radius 3 is 2.73 bits per heavy atom. The van der Waals surface area contributed by atoms with Crippen LogP contribution in [0.25, 0.3) is 0 Å². The lowest BCUT2D eigenvalue weighted by Crippen LogP contribution is -1.93. The van der Waals surface area contributed by atoms with Crippen molar-refractivity contribution in [2.24, 2.45) is 4.99 Å². The molecule has 4 heteroatoms. The van der Waals surface area contributed by atoms with Gasteiger partial charge < -0.3 is 0 Å². The van der Waals surface area contributed by atoms with Gasteiger partial charge in [-0.1, -0.05) is 11.8 Å². The van der Waals surface area contributed by atoms with Crippen molar-refractivity contribution in [3.63, 3.8) is 0 Å². The lowest BCUT2D eigenvalue weighted by atomic mass is 10.0. The van der Waals surface area contributed by atoms with E-state index in [9.17, 15) is 0 Å². The standard InChI is InChI=1S/C11H5N3S/c1-7-4-10-11(15-3-2-14-10)9(6-13)8(7)5-12/h3-4H,1H3. The molecular weight excluding hydrogens is 206 g/mol. The average molecular weight is 211 g/mol. The molecule has 0 radical (unpaired) electrons. The first-order valence-corrected chi connectivity index (χ1v) is 5.08. The minimum Gasteiger partial charge on any atom is -0.204 e. The summed E-state index contributed by atoms with van der Waals surface area (Å²) in [7, 11) is 0. The van der Waals surface area contributed by atoms with Crippen LogP contribution in [0, 0.1) is 29.6 Å². The quantitative estimate of drug-likeness (QED) is 0.662. The van der Waals surface area contributed by atoms with Gasteiger partial charge in [0.05, 0.1) is 21.7 Å². The summed E-state index contributed by atoms with van der Waals surface area (Å²) < 4.78 is 0. The molecule has 0 aliphatic carbocycles. The normalized spacial score (nSPS) is 11.7. The molecule has 0 bridgehead atoms. The molecule has 1 heterocycles. The second-order valence-electron chi connectivity index (χ2n) is 2.99. The van der Waals surface area contributed by atoms with E-state index in [4.69, 9.17) is 10.5 Å². The number of nitriles is 2. The highest BCUT2D eigenvalue weighted by atomic mass is 32.2. The molecule has 2 rings (SSSR count). The average Bonchev–Trinajstić information content (AvgIpc) is 2.27. The fourth-order valence-electron chi connectivity index (χ4n) is 1.42. The number of nitrogens with zero attached hydrogens (tertiary/aromatic N) is 3. The summed E-state index contributed by atoms with van der Waals surface area (Å²) in [5, 5.41) is 19.7. The lowest BCUT2D eigenvalue weighted by Gasteiger charge is -2.09. The van der Waals surface area contributed by atoms with Crippen molar-refractivity contribution in [2.45, 2.75) is 11.8 Å². The van der Waals surface area contributed by atoms with Crippen molar-refractivity contribution in [1.82, 2.24) is 0 Å². The molecule has 1 aromatic carbocycles. The van der Waals surface area contributed by atoms with Crippen LogP contribution in [0.1, 0.15) is 16.7 Å². The predicted octanol–water partition coefficient (Wildman–Crippen LogP) is 2.66. The van der Waals surface area contributed by atoms with Gasteiger partial charge in [-0.05, 0) is 24.4 Å². The molecule has 15 heavy (non-hydrogen) atoms. The topological polar surface area (TPSA) is 59.9 Å². The van der Waals surface area contributed by atoms with E-state index in [0.717, 1.165) is 16.1 Å². The Bertz CT molecular complexity index is 581. The highest BCUT2D eigenvalue weighted by Gasteiger charge is 2.16. The molecule has 1 aromatic rings. The van der Waals surface area contributed by atoms with E-state index in [-0.39, 0.29) is 0 Å². The van der Waals surface area contributed by atoms with Crippen LogP contribution in [0.5, 0.6) is 0 Å². The molecule has 0 spiro atoms. The van der Waals surface area contributed by atoms with Crippen LogP contribution in [0.4, 0.5) is 5.69 Å². The van der Waals surface area contributed by atoms with Crippen LogP contribution in [0.15, 0.2) is 21.4 Å². The maximum absolute atomic E-state index is 9.04. The predicted molar refractivity (Wildman–Crippen MR) is 58.1 cm³/mol. The van der Waals surface area contributed by atoms with Gasteiger partial charge in [-0.2, -0.15) is 10.5 Å². The third-order valence-corrected chi connectivity index (χ3v) is 2.97. The van der Waals surface area contributed by atoms with Crippen LogP contribution < -0.4 is 0 Å². The molecule has 70 valence electrons. The maximum Gasteiger partial charge on any atom is 0.102 e. The van der Waals surface area contributed by atoms with Crippen LogP contribution in [0.2, 0.25) is 0 Å². The molecule has 0 unspecified atom stereocenters. The van der Waals surface area contributed by atoms with E-state index in [0.29, 0.717) is 11.1 Å². The zero-order valence-electron chi connectivity index (χ0n) is 7.90. The summed E-state index contributed by atoms with van der Waals surface area (Å²) in [6.07, 6.45) is 0. The second kappa shape index (κ2) is 3.63. The monoisotopic (exact) mass is 211 g/mol. The fraction of sp³-hybridized carbons (Fsp3) is 0.0909. The molecule has 0 amide bonds. The minimum absolute atomic E-state index is 0.416. The van der Waals surface area contributed by atoms with Crippen molar-refractivity contribution in [1.29, 1.82) is 10.5 Å². The van der Waals surface area contributed by atoms with Crippen molar-refractivity contribution < 1.29 is 0 Å². The van der Waals surface area contributed by atoms with E-state index in [2.05, 4.69) is 23.0 Å². The Labute approximate surface area is 91.4 Å². The first kappa shape index (κ1) is 9.55. The first-order chi connectivity index (χ1) is 7.27. The Hall–Kier alpha value is -2.00. The molecule has 0 fully saturated rings. The van der Waals surface area contributed by atoms with Gasteiger partial charge in [0.1, 0.15) is 12.1 Å². The minimum atomic E-state index is 0.416. The Morgan fingerprint density at radius 1 is 1.33 bits per heavy atom. The van der Waals surface area contributed by atoms with Crippen LogP contribution >= 0.6 is 11.8 Å². The molecule has 0 aromatic heterocycles. The number of aliphatic imine (C=N–C) groups is 1. The third kappa shape index (κ3) is 1.43. The summed E-state index contributed by atoms with van der Waals surface area (Å²) in [6, 6.07) is 5.92. The summed E-state index contributed by atoms with van der Waals surface area (Å²) in [5.41, 5.74) is 2.35. The highest BCUT2D eigenvalue weighted by Crippen LogP contribution is 2.38. The maximum atomic E-state index is 9.04. The van der Waals surface area contributed by atoms with Gasteiger partial charge in [-0.3, -0.25) is 0 Å². The van der Waals surface area contributed by atoms with Gasteiger partial charge in [0, 0.05) is 5.41 Å². The molecule has 3 nitrogen and oxygen atoms in total. The number of thioether (sulfide) groups is 1. The third-order valence-electron chi connectivity index (χ3n) is 2.10. The molecular formula is C11H5N3S. The van der Waals surface area contributed by atoms with Gasteiger partial charge in [0.15, 0.2) is 0 Å². The molecule has 0 N–H and O–H groups in total. The zero-order chi connectivity index (χ0) is 10.8. The van der Waals surface area contributed by atoms with Crippen LogP contribution in [-0.2, 0) is 0 Å². The SMILES string of the molecule is Cc1cc2c(c(C#N)c1C#N)SC=C=N2. The first-order valence-electron chi connectivity index (χ1n) is 4.20. The molecule has 1 aliphatic rings. The van der Waals surface area contributed by atoms with E-state index < -0.39 is 0 Å². The molecule has 0 atom stereocenters. The fourth-order valence-corrected chi connectivity index (χ4v) is 2.13. The van der Waals surface area contributed by atoms with Crippen LogP contribution in [-0.4, -0.2) is 5.87 Å². The van der Waals surface area contributed by atoms with E-state index in [1.807, 2.05) is 6.07 Å². The van der Waals surface area contributed by atoms with E-state index >= 15 is 0 Å². The lowest BCUT2D eigenvalue weighted by molar-refractivity contribution is 1.26. The van der Waals surface area contributed by atoms with Gasteiger partial charge in [-0.25, -0.2) is 4.99 Å². The summed E-state index contributed by atoms with van der Waals surface area (Å²) in [6.45, 7) is 1.80.